The summed E-state index contributed by atoms with van der Waals surface area (Å²) in [5.41, 5.74) is 2.44. The van der Waals surface area contributed by atoms with Crippen LogP contribution in [0, 0.1) is 24.0 Å². The fourth-order valence-corrected chi connectivity index (χ4v) is 2.24. The number of nitrogens with zero attached hydrogens (tertiary/aromatic N) is 4. The molecule has 1 aromatic carbocycles. The van der Waals surface area contributed by atoms with Gasteiger partial charge in [-0.1, -0.05) is 24.3 Å². The zero-order chi connectivity index (χ0) is 17.8. The summed E-state index contributed by atoms with van der Waals surface area (Å²) in [4.78, 5) is 23.3. The second-order valence-electron chi connectivity index (χ2n) is 5.46. The standard InChI is InChI=1S/C17H16N6O2/c1-11-7-8-14(18-9-11)22-17-15(23(24)25)16(19-10-20-17)21-13-6-4-3-5-12(13)2/h3-10H,1-2H3,(H2,18,19,20,21,22). The molecule has 0 aliphatic carbocycles. The molecule has 25 heavy (non-hydrogen) atoms. The molecule has 0 atom stereocenters. The number of aryl methyl sites for hydroxylation is 2. The van der Waals surface area contributed by atoms with Crippen LogP contribution in [0.15, 0.2) is 48.9 Å². The Kier molecular flexibility index (Phi) is 4.51. The fourth-order valence-electron chi connectivity index (χ4n) is 2.24. The van der Waals surface area contributed by atoms with E-state index in [1.54, 1.807) is 12.3 Å². The molecule has 0 fully saturated rings. The lowest BCUT2D eigenvalue weighted by molar-refractivity contribution is -0.383. The molecule has 0 saturated carbocycles. The zero-order valence-corrected chi connectivity index (χ0v) is 13.7. The topological polar surface area (TPSA) is 106 Å². The van der Waals surface area contributed by atoms with Gasteiger partial charge in [-0.05, 0) is 37.1 Å². The summed E-state index contributed by atoms with van der Waals surface area (Å²) in [6.07, 6.45) is 2.94. The van der Waals surface area contributed by atoms with Crippen molar-refractivity contribution in [1.82, 2.24) is 15.0 Å². The third-order valence-corrected chi connectivity index (χ3v) is 3.56. The van der Waals surface area contributed by atoms with Crippen LogP contribution in [0.1, 0.15) is 11.1 Å². The number of aromatic nitrogens is 3. The predicted octanol–water partition coefficient (Wildman–Crippen LogP) is 3.88. The summed E-state index contributed by atoms with van der Waals surface area (Å²) < 4.78 is 0. The smallest absolute Gasteiger partial charge is 0.334 e. The number of nitrogens with one attached hydrogen (secondary N) is 2. The molecule has 2 N–H and O–H groups in total. The molecular formula is C17H16N6O2. The van der Waals surface area contributed by atoms with E-state index in [2.05, 4.69) is 25.6 Å². The number of hydrogen-bond acceptors (Lipinski definition) is 7. The maximum Gasteiger partial charge on any atom is 0.353 e. The fraction of sp³-hybridized carbons (Fsp3) is 0.118. The predicted molar refractivity (Wildman–Crippen MR) is 95.4 cm³/mol. The average molecular weight is 336 g/mol. The lowest BCUT2D eigenvalue weighted by atomic mass is 10.2. The molecule has 0 bridgehead atoms. The molecule has 0 aliphatic heterocycles. The molecule has 3 rings (SSSR count). The van der Waals surface area contributed by atoms with Crippen molar-refractivity contribution >= 4 is 28.8 Å². The molecular weight excluding hydrogens is 320 g/mol. The van der Waals surface area contributed by atoms with Crippen molar-refractivity contribution in [2.24, 2.45) is 0 Å². The van der Waals surface area contributed by atoms with Crippen molar-refractivity contribution in [1.29, 1.82) is 0 Å². The third-order valence-electron chi connectivity index (χ3n) is 3.56. The van der Waals surface area contributed by atoms with Crippen LogP contribution in [0.5, 0.6) is 0 Å². The average Bonchev–Trinajstić information content (AvgIpc) is 2.59. The number of hydrogen-bond donors (Lipinski definition) is 2. The van der Waals surface area contributed by atoms with E-state index in [4.69, 9.17) is 0 Å². The van der Waals surface area contributed by atoms with Crippen molar-refractivity contribution in [2.45, 2.75) is 13.8 Å². The van der Waals surface area contributed by atoms with E-state index in [1.807, 2.05) is 44.2 Å². The minimum absolute atomic E-state index is 0.0763. The molecule has 0 aliphatic rings. The van der Waals surface area contributed by atoms with Gasteiger partial charge in [0, 0.05) is 11.9 Å². The monoisotopic (exact) mass is 336 g/mol. The number of anilines is 4. The Bertz CT molecular complexity index is 911. The number of para-hydroxylation sites is 1. The van der Waals surface area contributed by atoms with Crippen molar-refractivity contribution in [3.05, 3.63) is 70.2 Å². The summed E-state index contributed by atoms with van der Waals surface area (Å²) in [7, 11) is 0. The van der Waals surface area contributed by atoms with Crippen molar-refractivity contribution < 1.29 is 4.92 Å². The third kappa shape index (κ3) is 3.69. The van der Waals surface area contributed by atoms with Crippen LogP contribution in [0.2, 0.25) is 0 Å². The van der Waals surface area contributed by atoms with E-state index < -0.39 is 4.92 Å². The lowest BCUT2D eigenvalue weighted by Crippen LogP contribution is -2.06. The minimum atomic E-state index is -0.517. The molecule has 0 amide bonds. The molecule has 0 spiro atoms. The molecule has 0 unspecified atom stereocenters. The number of benzene rings is 1. The van der Waals surface area contributed by atoms with Crippen molar-refractivity contribution in [3.63, 3.8) is 0 Å². The Morgan fingerprint density at radius 2 is 1.68 bits per heavy atom. The summed E-state index contributed by atoms with van der Waals surface area (Å²) in [6.45, 7) is 3.82. The van der Waals surface area contributed by atoms with Gasteiger partial charge in [-0.2, -0.15) is 0 Å². The van der Waals surface area contributed by atoms with Crippen LogP contribution >= 0.6 is 0 Å². The van der Waals surface area contributed by atoms with Gasteiger partial charge in [0.1, 0.15) is 12.1 Å². The minimum Gasteiger partial charge on any atom is -0.334 e. The maximum atomic E-state index is 11.6. The largest absolute Gasteiger partial charge is 0.353 e. The quantitative estimate of drug-likeness (QED) is 0.538. The SMILES string of the molecule is Cc1ccc(Nc2ncnc(Nc3ccccc3C)c2[N+](=O)[O-])nc1. The molecule has 2 heterocycles. The van der Waals surface area contributed by atoms with Crippen LogP contribution in [0.3, 0.4) is 0 Å². The molecule has 8 nitrogen and oxygen atoms in total. The van der Waals surface area contributed by atoms with Gasteiger partial charge >= 0.3 is 5.69 Å². The normalized spacial score (nSPS) is 10.3. The highest BCUT2D eigenvalue weighted by atomic mass is 16.6. The molecule has 2 aromatic heterocycles. The van der Waals surface area contributed by atoms with Gasteiger partial charge < -0.3 is 10.6 Å². The van der Waals surface area contributed by atoms with Gasteiger partial charge in [0.05, 0.1) is 4.92 Å². The Morgan fingerprint density at radius 3 is 2.32 bits per heavy atom. The first-order valence-corrected chi connectivity index (χ1v) is 7.56. The molecule has 0 radical (unpaired) electrons. The van der Waals surface area contributed by atoms with E-state index in [-0.39, 0.29) is 17.3 Å². The summed E-state index contributed by atoms with van der Waals surface area (Å²) in [5.74, 6) is 0.658. The summed E-state index contributed by atoms with van der Waals surface area (Å²) >= 11 is 0. The van der Waals surface area contributed by atoms with Crippen LogP contribution in [-0.4, -0.2) is 19.9 Å². The molecule has 0 saturated heterocycles. The van der Waals surface area contributed by atoms with Crippen LogP contribution in [0.4, 0.5) is 28.8 Å². The molecule has 8 heteroatoms. The van der Waals surface area contributed by atoms with E-state index in [0.717, 1.165) is 16.8 Å². The highest BCUT2D eigenvalue weighted by Crippen LogP contribution is 2.33. The van der Waals surface area contributed by atoms with Crippen molar-refractivity contribution in [2.75, 3.05) is 10.6 Å². The van der Waals surface area contributed by atoms with Gasteiger partial charge in [-0.25, -0.2) is 15.0 Å². The number of rotatable bonds is 5. The van der Waals surface area contributed by atoms with Crippen LogP contribution < -0.4 is 10.6 Å². The maximum absolute atomic E-state index is 11.6. The number of pyridine rings is 1. The van der Waals surface area contributed by atoms with Crippen molar-refractivity contribution in [3.8, 4) is 0 Å². The zero-order valence-electron chi connectivity index (χ0n) is 13.7. The first-order chi connectivity index (χ1) is 12.0. The second-order valence-corrected chi connectivity index (χ2v) is 5.46. The second kappa shape index (κ2) is 6.91. The Balaban J connectivity index is 1.98. The Labute approximate surface area is 144 Å². The summed E-state index contributed by atoms with van der Waals surface area (Å²) in [6, 6.07) is 11.1. The van der Waals surface area contributed by atoms with Crippen LogP contribution in [-0.2, 0) is 0 Å². The number of nitro groups is 1. The highest BCUT2D eigenvalue weighted by molar-refractivity contribution is 5.76. The van der Waals surface area contributed by atoms with E-state index in [9.17, 15) is 10.1 Å². The van der Waals surface area contributed by atoms with Gasteiger partial charge in [-0.15, -0.1) is 0 Å². The van der Waals surface area contributed by atoms with E-state index in [0.29, 0.717) is 5.82 Å². The lowest BCUT2D eigenvalue weighted by Gasteiger charge is -2.11. The Hall–Kier alpha value is -3.55. The summed E-state index contributed by atoms with van der Waals surface area (Å²) in [5, 5.41) is 17.5. The van der Waals surface area contributed by atoms with Gasteiger partial charge in [0.2, 0.25) is 11.6 Å². The molecule has 126 valence electrons. The first kappa shape index (κ1) is 16.3. The van der Waals surface area contributed by atoms with Gasteiger partial charge in [0.15, 0.2) is 0 Å². The van der Waals surface area contributed by atoms with E-state index >= 15 is 0 Å². The Morgan fingerprint density at radius 1 is 0.960 bits per heavy atom. The van der Waals surface area contributed by atoms with E-state index in [1.165, 1.54) is 6.33 Å². The van der Waals surface area contributed by atoms with Gasteiger partial charge in [0.25, 0.3) is 0 Å². The highest BCUT2D eigenvalue weighted by Gasteiger charge is 2.23. The first-order valence-electron chi connectivity index (χ1n) is 7.56. The van der Waals surface area contributed by atoms with Gasteiger partial charge in [-0.3, -0.25) is 10.1 Å². The van der Waals surface area contributed by atoms with Crippen LogP contribution in [0.25, 0.3) is 0 Å². The molecule has 3 aromatic rings.